The lowest BCUT2D eigenvalue weighted by Gasteiger charge is -2.26. The number of benzene rings is 1. The summed E-state index contributed by atoms with van der Waals surface area (Å²) in [6.07, 6.45) is 0. The van der Waals surface area contributed by atoms with E-state index in [1.165, 1.54) is 28.6 Å². The number of hydrogen-bond acceptors (Lipinski definition) is 4. The summed E-state index contributed by atoms with van der Waals surface area (Å²) in [5.41, 5.74) is 0.462. The molecule has 7 heteroatoms. The molecule has 0 aromatic heterocycles. The second-order valence-electron chi connectivity index (χ2n) is 3.79. The molecule has 1 aliphatic heterocycles. The number of piperazine rings is 1. The average Bonchev–Trinajstić information content (AvgIpc) is 2.40. The van der Waals surface area contributed by atoms with E-state index in [-0.39, 0.29) is 17.3 Å². The first-order valence-electron chi connectivity index (χ1n) is 5.35. The highest BCUT2D eigenvalue weighted by Gasteiger charge is 2.25. The van der Waals surface area contributed by atoms with Crippen molar-refractivity contribution < 1.29 is 8.42 Å². The van der Waals surface area contributed by atoms with Crippen molar-refractivity contribution in [3.63, 3.8) is 0 Å². The summed E-state index contributed by atoms with van der Waals surface area (Å²) in [5, 5.41) is 11.8. The van der Waals surface area contributed by atoms with Crippen molar-refractivity contribution in [1.29, 1.82) is 5.26 Å². The summed E-state index contributed by atoms with van der Waals surface area (Å²) >= 11 is 0. The van der Waals surface area contributed by atoms with Crippen LogP contribution in [0.25, 0.3) is 0 Å². The Hall–Kier alpha value is -1.13. The van der Waals surface area contributed by atoms with Gasteiger partial charge in [-0.05, 0) is 24.3 Å². The molecule has 1 aliphatic rings. The van der Waals surface area contributed by atoms with Gasteiger partial charge in [0.15, 0.2) is 0 Å². The predicted octanol–water partition coefficient (Wildman–Crippen LogP) is 0.574. The third kappa shape index (κ3) is 3.00. The Morgan fingerprint density at radius 3 is 2.22 bits per heavy atom. The van der Waals surface area contributed by atoms with E-state index < -0.39 is 10.0 Å². The van der Waals surface area contributed by atoms with Gasteiger partial charge in [0.25, 0.3) is 0 Å². The van der Waals surface area contributed by atoms with Crippen molar-refractivity contribution in [1.82, 2.24) is 9.62 Å². The van der Waals surface area contributed by atoms with E-state index in [2.05, 4.69) is 5.32 Å². The van der Waals surface area contributed by atoms with Crippen molar-refractivity contribution in [3.05, 3.63) is 29.8 Å². The van der Waals surface area contributed by atoms with Crippen molar-refractivity contribution in [2.24, 2.45) is 0 Å². The maximum Gasteiger partial charge on any atom is 0.243 e. The van der Waals surface area contributed by atoms with Crippen LogP contribution < -0.4 is 5.32 Å². The minimum Gasteiger partial charge on any atom is -0.314 e. The molecule has 2 rings (SSSR count). The van der Waals surface area contributed by atoms with Crippen LogP contribution >= 0.6 is 12.4 Å². The molecular weight excluding hydrogens is 274 g/mol. The van der Waals surface area contributed by atoms with Crippen molar-refractivity contribution in [2.75, 3.05) is 26.2 Å². The Bertz CT molecular complexity index is 530. The molecule has 1 fully saturated rings. The van der Waals surface area contributed by atoms with Crippen LogP contribution in [-0.2, 0) is 10.0 Å². The number of hydrogen-bond donors (Lipinski definition) is 1. The van der Waals surface area contributed by atoms with E-state index in [4.69, 9.17) is 5.26 Å². The molecule has 1 aromatic rings. The van der Waals surface area contributed by atoms with Crippen molar-refractivity contribution in [2.45, 2.75) is 4.90 Å². The predicted molar refractivity (Wildman–Crippen MR) is 70.0 cm³/mol. The normalized spacial score (nSPS) is 16.6. The van der Waals surface area contributed by atoms with E-state index >= 15 is 0 Å². The molecule has 0 radical (unpaired) electrons. The SMILES string of the molecule is Cl.N#Cc1ccc(S(=O)(=O)N2CCNCC2)cc1. The molecule has 0 amide bonds. The number of sulfonamides is 1. The average molecular weight is 288 g/mol. The largest absolute Gasteiger partial charge is 0.314 e. The first-order chi connectivity index (χ1) is 8.14. The minimum atomic E-state index is -3.40. The quantitative estimate of drug-likeness (QED) is 0.863. The number of halogens is 1. The second kappa shape index (κ2) is 6.16. The molecule has 0 bridgehead atoms. The zero-order valence-electron chi connectivity index (χ0n) is 9.67. The third-order valence-corrected chi connectivity index (χ3v) is 4.61. The Kier molecular flexibility index (Phi) is 5.11. The van der Waals surface area contributed by atoms with E-state index in [1.807, 2.05) is 6.07 Å². The lowest BCUT2D eigenvalue weighted by molar-refractivity contribution is 0.360. The minimum absolute atomic E-state index is 0. The highest BCUT2D eigenvalue weighted by atomic mass is 35.5. The number of nitrogens with one attached hydrogen (secondary N) is 1. The number of nitrogens with zero attached hydrogens (tertiary/aromatic N) is 2. The van der Waals surface area contributed by atoms with Crippen molar-refractivity contribution >= 4 is 22.4 Å². The fraction of sp³-hybridized carbons (Fsp3) is 0.364. The molecule has 0 unspecified atom stereocenters. The first kappa shape index (κ1) is 14.9. The van der Waals surface area contributed by atoms with Crippen LogP contribution in [0.5, 0.6) is 0 Å². The molecule has 0 atom stereocenters. The van der Waals surface area contributed by atoms with Crippen LogP contribution in [0.3, 0.4) is 0 Å². The first-order valence-corrected chi connectivity index (χ1v) is 6.79. The molecular formula is C11H14ClN3O2S. The lowest BCUT2D eigenvalue weighted by atomic mass is 10.2. The molecule has 1 aromatic carbocycles. The Morgan fingerprint density at radius 1 is 1.17 bits per heavy atom. The fourth-order valence-corrected chi connectivity index (χ4v) is 3.18. The van der Waals surface area contributed by atoms with E-state index in [9.17, 15) is 8.42 Å². The van der Waals surface area contributed by atoms with Gasteiger partial charge in [0, 0.05) is 26.2 Å². The van der Waals surface area contributed by atoms with Crippen LogP contribution in [0.15, 0.2) is 29.2 Å². The molecule has 0 aliphatic carbocycles. The third-order valence-electron chi connectivity index (χ3n) is 2.70. The monoisotopic (exact) mass is 287 g/mol. The maximum atomic E-state index is 12.2. The lowest BCUT2D eigenvalue weighted by Crippen LogP contribution is -2.46. The molecule has 18 heavy (non-hydrogen) atoms. The topological polar surface area (TPSA) is 73.2 Å². The van der Waals surface area contributed by atoms with Gasteiger partial charge in [0.2, 0.25) is 10.0 Å². The van der Waals surface area contributed by atoms with Gasteiger partial charge in [-0.3, -0.25) is 0 Å². The summed E-state index contributed by atoms with van der Waals surface area (Å²) in [5.74, 6) is 0. The molecule has 0 saturated carbocycles. The summed E-state index contributed by atoms with van der Waals surface area (Å²) in [6, 6.07) is 7.98. The van der Waals surface area contributed by atoms with E-state index in [0.717, 1.165) is 0 Å². The second-order valence-corrected chi connectivity index (χ2v) is 5.73. The van der Waals surface area contributed by atoms with Gasteiger partial charge in [-0.25, -0.2) is 8.42 Å². The van der Waals surface area contributed by atoms with E-state index in [1.54, 1.807) is 0 Å². The highest BCUT2D eigenvalue weighted by Crippen LogP contribution is 2.16. The Morgan fingerprint density at radius 2 is 1.72 bits per heavy atom. The van der Waals surface area contributed by atoms with Crippen LogP contribution in [0.4, 0.5) is 0 Å². The van der Waals surface area contributed by atoms with Crippen LogP contribution in [0.1, 0.15) is 5.56 Å². The standard InChI is InChI=1S/C11H13N3O2S.ClH/c12-9-10-1-3-11(4-2-10)17(15,16)14-7-5-13-6-8-14;/h1-4,13H,5-8H2;1H. The van der Waals surface area contributed by atoms with Gasteiger partial charge in [-0.1, -0.05) is 0 Å². The molecule has 0 spiro atoms. The molecule has 98 valence electrons. The summed E-state index contributed by atoms with van der Waals surface area (Å²) in [6.45, 7) is 2.33. The summed E-state index contributed by atoms with van der Waals surface area (Å²) in [4.78, 5) is 0.249. The fourth-order valence-electron chi connectivity index (χ4n) is 1.74. The van der Waals surface area contributed by atoms with Gasteiger partial charge in [-0.2, -0.15) is 9.57 Å². The zero-order chi connectivity index (χ0) is 12.3. The van der Waals surface area contributed by atoms with Gasteiger partial charge in [0.1, 0.15) is 0 Å². The van der Waals surface area contributed by atoms with Crippen LogP contribution in [-0.4, -0.2) is 38.9 Å². The van der Waals surface area contributed by atoms with Crippen LogP contribution in [0.2, 0.25) is 0 Å². The van der Waals surface area contributed by atoms with Gasteiger partial charge >= 0.3 is 0 Å². The maximum absolute atomic E-state index is 12.2. The van der Waals surface area contributed by atoms with E-state index in [0.29, 0.717) is 31.7 Å². The zero-order valence-corrected chi connectivity index (χ0v) is 11.3. The number of nitriles is 1. The molecule has 1 heterocycles. The molecule has 5 nitrogen and oxygen atoms in total. The Labute approximate surface area is 113 Å². The van der Waals surface area contributed by atoms with Crippen LogP contribution in [0, 0.1) is 11.3 Å². The van der Waals surface area contributed by atoms with Gasteiger partial charge < -0.3 is 5.32 Å². The Balaban J connectivity index is 0.00000162. The van der Waals surface area contributed by atoms with Crippen molar-refractivity contribution in [3.8, 4) is 6.07 Å². The number of rotatable bonds is 2. The van der Waals surface area contributed by atoms with Gasteiger partial charge in [-0.15, -0.1) is 12.4 Å². The molecule has 1 saturated heterocycles. The highest BCUT2D eigenvalue weighted by molar-refractivity contribution is 7.89. The summed E-state index contributed by atoms with van der Waals surface area (Å²) < 4.78 is 25.9. The summed E-state index contributed by atoms with van der Waals surface area (Å²) in [7, 11) is -3.40. The van der Waals surface area contributed by atoms with Gasteiger partial charge in [0.05, 0.1) is 16.5 Å². The molecule has 1 N–H and O–H groups in total. The smallest absolute Gasteiger partial charge is 0.243 e.